The van der Waals surface area contributed by atoms with Crippen LogP contribution in [0.25, 0.3) is 0 Å². The molecule has 0 saturated carbocycles. The molecule has 2 heterocycles. The van der Waals surface area contributed by atoms with Gasteiger partial charge in [-0.25, -0.2) is 9.78 Å². The van der Waals surface area contributed by atoms with Crippen molar-refractivity contribution in [1.82, 2.24) is 15.6 Å². The van der Waals surface area contributed by atoms with Crippen LogP contribution < -0.4 is 10.6 Å². The van der Waals surface area contributed by atoms with E-state index in [-0.39, 0.29) is 12.6 Å². The van der Waals surface area contributed by atoms with Crippen molar-refractivity contribution in [1.29, 1.82) is 0 Å². The van der Waals surface area contributed by atoms with Crippen molar-refractivity contribution in [2.24, 2.45) is 0 Å². The van der Waals surface area contributed by atoms with Gasteiger partial charge in [-0.1, -0.05) is 0 Å². The quantitative estimate of drug-likeness (QED) is 0.786. The molecule has 0 aromatic carbocycles. The van der Waals surface area contributed by atoms with Crippen molar-refractivity contribution in [2.45, 2.75) is 26.5 Å². The summed E-state index contributed by atoms with van der Waals surface area (Å²) in [6.07, 6.45) is 0.630. The van der Waals surface area contributed by atoms with Crippen LogP contribution in [0.4, 0.5) is 4.79 Å². The van der Waals surface area contributed by atoms with Gasteiger partial charge in [0.15, 0.2) is 0 Å². The van der Waals surface area contributed by atoms with Gasteiger partial charge in [-0.3, -0.25) is 0 Å². The molecule has 6 nitrogen and oxygen atoms in total. The third kappa shape index (κ3) is 3.82. The second-order valence-corrected chi connectivity index (χ2v) is 5.74. The van der Waals surface area contributed by atoms with Crippen LogP contribution in [0.5, 0.6) is 0 Å². The zero-order chi connectivity index (χ0) is 14.5. The van der Waals surface area contributed by atoms with Crippen molar-refractivity contribution >= 4 is 17.4 Å². The minimum atomic E-state index is -0.848. The molecule has 0 fully saturated rings. The molecular weight excluding hydrogens is 278 g/mol. The number of hydrogen-bond donors (Lipinski definition) is 3. The molecule has 20 heavy (non-hydrogen) atoms. The highest BCUT2D eigenvalue weighted by Gasteiger charge is 2.12. The summed E-state index contributed by atoms with van der Waals surface area (Å²) in [5.74, 6) is 0.427. The van der Waals surface area contributed by atoms with Gasteiger partial charge in [0.25, 0.3) is 0 Å². The van der Waals surface area contributed by atoms with Crippen LogP contribution in [-0.2, 0) is 6.54 Å². The highest BCUT2D eigenvalue weighted by atomic mass is 32.1. The van der Waals surface area contributed by atoms with Gasteiger partial charge in [-0.05, 0) is 26.0 Å². The Balaban J connectivity index is 1.74. The summed E-state index contributed by atoms with van der Waals surface area (Å²) in [5, 5.41) is 16.0. The number of furan rings is 1. The maximum atomic E-state index is 11.6. The summed E-state index contributed by atoms with van der Waals surface area (Å²) < 4.78 is 5.05. The van der Waals surface area contributed by atoms with E-state index >= 15 is 0 Å². The molecule has 7 heteroatoms. The first kappa shape index (κ1) is 14.5. The van der Waals surface area contributed by atoms with E-state index in [9.17, 15) is 9.90 Å². The number of aryl methyl sites for hydroxylation is 2. The molecular formula is C13H17N3O3S. The first-order chi connectivity index (χ1) is 9.56. The molecule has 0 aliphatic heterocycles. The van der Waals surface area contributed by atoms with Crippen molar-refractivity contribution in [3.63, 3.8) is 0 Å². The van der Waals surface area contributed by atoms with Crippen molar-refractivity contribution in [3.05, 3.63) is 39.7 Å². The fourth-order valence-corrected chi connectivity index (χ4v) is 2.57. The molecule has 108 valence electrons. The zero-order valence-electron chi connectivity index (χ0n) is 11.3. The van der Waals surface area contributed by atoms with E-state index in [0.717, 1.165) is 15.6 Å². The standard InChI is InChI=1S/C13H17N3O3S/c1-8-10(16-9(2)20-8)6-14-13(18)15-7-11(17)12-4-3-5-19-12/h3-5,11,17H,6-7H2,1-2H3,(H2,14,15,18). The monoisotopic (exact) mass is 295 g/mol. The predicted octanol–water partition coefficient (Wildman–Crippen LogP) is 1.89. The summed E-state index contributed by atoms with van der Waals surface area (Å²) in [6.45, 7) is 4.37. The van der Waals surface area contributed by atoms with Gasteiger partial charge >= 0.3 is 6.03 Å². The molecule has 0 spiro atoms. The second kappa shape index (κ2) is 6.53. The Morgan fingerprint density at radius 1 is 1.50 bits per heavy atom. The number of carbonyl (C=O) groups excluding carboxylic acids is 1. The van der Waals surface area contributed by atoms with E-state index in [1.54, 1.807) is 23.5 Å². The molecule has 0 aliphatic carbocycles. The van der Waals surface area contributed by atoms with Crippen LogP contribution >= 0.6 is 11.3 Å². The first-order valence-electron chi connectivity index (χ1n) is 6.22. The molecule has 3 N–H and O–H groups in total. The Labute approximate surface area is 120 Å². The summed E-state index contributed by atoms with van der Waals surface area (Å²) in [4.78, 5) is 17.0. The molecule has 2 rings (SSSR count). The molecule has 0 saturated heterocycles. The van der Waals surface area contributed by atoms with E-state index in [0.29, 0.717) is 12.3 Å². The fourth-order valence-electron chi connectivity index (χ4n) is 1.73. The molecule has 2 amide bonds. The number of hydrogen-bond acceptors (Lipinski definition) is 5. The van der Waals surface area contributed by atoms with E-state index in [4.69, 9.17) is 4.42 Å². The molecule has 0 aliphatic rings. The van der Waals surface area contributed by atoms with Crippen LogP contribution in [0.3, 0.4) is 0 Å². The molecule has 2 aromatic rings. The van der Waals surface area contributed by atoms with Crippen LogP contribution in [0, 0.1) is 13.8 Å². The van der Waals surface area contributed by atoms with Gasteiger partial charge in [0.2, 0.25) is 0 Å². The van der Waals surface area contributed by atoms with Gasteiger partial charge in [0.05, 0.1) is 30.1 Å². The van der Waals surface area contributed by atoms with Crippen LogP contribution in [0.2, 0.25) is 0 Å². The minimum Gasteiger partial charge on any atom is -0.467 e. The summed E-state index contributed by atoms with van der Waals surface area (Å²) >= 11 is 1.60. The maximum Gasteiger partial charge on any atom is 0.315 e. The van der Waals surface area contributed by atoms with Crippen LogP contribution in [0.1, 0.15) is 27.4 Å². The number of aromatic nitrogens is 1. The minimum absolute atomic E-state index is 0.0917. The van der Waals surface area contributed by atoms with E-state index in [1.807, 2.05) is 13.8 Å². The van der Waals surface area contributed by atoms with Crippen molar-refractivity contribution in [3.8, 4) is 0 Å². The third-order valence-electron chi connectivity index (χ3n) is 2.74. The van der Waals surface area contributed by atoms with Crippen LogP contribution in [0.15, 0.2) is 22.8 Å². The number of carbonyl (C=O) groups is 1. The van der Waals surface area contributed by atoms with E-state index < -0.39 is 6.10 Å². The normalized spacial score (nSPS) is 12.2. The average molecular weight is 295 g/mol. The number of nitrogens with one attached hydrogen (secondary N) is 2. The zero-order valence-corrected chi connectivity index (χ0v) is 12.2. The summed E-state index contributed by atoms with van der Waals surface area (Å²) in [7, 11) is 0. The Hall–Kier alpha value is -1.86. The molecule has 0 bridgehead atoms. The van der Waals surface area contributed by atoms with Gasteiger partial charge in [-0.2, -0.15) is 0 Å². The van der Waals surface area contributed by atoms with Crippen molar-refractivity contribution < 1.29 is 14.3 Å². The summed E-state index contributed by atoms with van der Waals surface area (Å²) in [6, 6.07) is 3.00. The highest BCUT2D eigenvalue weighted by Crippen LogP contribution is 2.16. The molecule has 1 atom stereocenters. The Bertz CT molecular complexity index is 565. The topological polar surface area (TPSA) is 87.4 Å². The van der Waals surface area contributed by atoms with Gasteiger partial charge in [-0.15, -0.1) is 11.3 Å². The Morgan fingerprint density at radius 3 is 2.90 bits per heavy atom. The van der Waals surface area contributed by atoms with Gasteiger partial charge in [0.1, 0.15) is 11.9 Å². The van der Waals surface area contributed by atoms with E-state index in [1.165, 1.54) is 6.26 Å². The van der Waals surface area contributed by atoms with Gasteiger partial charge in [0, 0.05) is 4.88 Å². The number of amides is 2. The number of aliphatic hydroxyl groups excluding tert-OH is 1. The lowest BCUT2D eigenvalue weighted by Gasteiger charge is -2.10. The largest absolute Gasteiger partial charge is 0.467 e. The molecule has 1 unspecified atom stereocenters. The molecule has 0 radical (unpaired) electrons. The Morgan fingerprint density at radius 2 is 2.30 bits per heavy atom. The highest BCUT2D eigenvalue weighted by molar-refractivity contribution is 7.11. The number of thiazole rings is 1. The first-order valence-corrected chi connectivity index (χ1v) is 7.04. The lowest BCUT2D eigenvalue weighted by Crippen LogP contribution is -2.37. The smallest absolute Gasteiger partial charge is 0.315 e. The SMILES string of the molecule is Cc1nc(CNC(=O)NCC(O)c2ccco2)c(C)s1. The maximum absolute atomic E-state index is 11.6. The number of urea groups is 1. The third-order valence-corrected chi connectivity index (χ3v) is 3.67. The number of aliphatic hydroxyl groups is 1. The number of rotatable bonds is 5. The second-order valence-electron chi connectivity index (χ2n) is 4.33. The van der Waals surface area contributed by atoms with Crippen molar-refractivity contribution in [2.75, 3.05) is 6.54 Å². The fraction of sp³-hybridized carbons (Fsp3) is 0.385. The average Bonchev–Trinajstić information content (AvgIpc) is 3.03. The lowest BCUT2D eigenvalue weighted by molar-refractivity contribution is 0.148. The number of nitrogens with zero attached hydrogens (tertiary/aromatic N) is 1. The molecule has 2 aromatic heterocycles. The lowest BCUT2D eigenvalue weighted by atomic mass is 10.3. The van der Waals surface area contributed by atoms with Crippen LogP contribution in [-0.4, -0.2) is 22.7 Å². The van der Waals surface area contributed by atoms with E-state index in [2.05, 4.69) is 15.6 Å². The summed E-state index contributed by atoms with van der Waals surface area (Å²) in [5.41, 5.74) is 0.870. The Kier molecular flexibility index (Phi) is 4.75. The predicted molar refractivity (Wildman–Crippen MR) is 75.5 cm³/mol. The van der Waals surface area contributed by atoms with Gasteiger partial charge < -0.3 is 20.2 Å².